The maximum absolute atomic E-state index is 10.9. The number of hydrogen-bond acceptors (Lipinski definition) is 4. The molecule has 1 aromatic heterocycles. The summed E-state index contributed by atoms with van der Waals surface area (Å²) in [5.41, 5.74) is -0.345. The molecule has 1 aromatic rings. The van der Waals surface area contributed by atoms with Crippen LogP contribution in [0.15, 0.2) is 22.2 Å². The van der Waals surface area contributed by atoms with E-state index in [9.17, 15) is 9.59 Å². The highest BCUT2D eigenvalue weighted by Crippen LogP contribution is 2.12. The van der Waals surface area contributed by atoms with Crippen LogP contribution in [0.1, 0.15) is 6.92 Å². The Kier molecular flexibility index (Phi) is 3.70. The van der Waals surface area contributed by atoms with Crippen LogP contribution < -0.4 is 5.56 Å². The maximum atomic E-state index is 10.9. The molecule has 0 spiro atoms. The molecule has 0 unspecified atom stereocenters. The van der Waals surface area contributed by atoms with Crippen LogP contribution in [0.2, 0.25) is 0 Å². The minimum atomic E-state index is -0.921. The van der Waals surface area contributed by atoms with Crippen molar-refractivity contribution in [3.63, 3.8) is 0 Å². The second kappa shape index (κ2) is 4.80. The van der Waals surface area contributed by atoms with Gasteiger partial charge in [-0.1, -0.05) is 11.8 Å². The fourth-order valence-electron chi connectivity index (χ4n) is 0.895. The lowest BCUT2D eigenvalue weighted by Crippen LogP contribution is -2.13. The van der Waals surface area contributed by atoms with Gasteiger partial charge in [-0.05, 0) is 6.92 Å². The minimum Gasteiger partial charge on any atom is -0.481 e. The largest absolute Gasteiger partial charge is 0.481 e. The number of rotatable bonds is 4. The molecule has 0 saturated heterocycles. The van der Waals surface area contributed by atoms with Crippen molar-refractivity contribution in [2.75, 3.05) is 5.75 Å². The molecule has 0 aliphatic rings. The molecule has 0 bridgehead atoms. The van der Waals surface area contributed by atoms with Gasteiger partial charge < -0.3 is 9.67 Å². The summed E-state index contributed by atoms with van der Waals surface area (Å²) in [6, 6.07) is 1.36. The molecule has 1 rings (SSSR count). The fraction of sp³-hybridized carbons (Fsp3) is 0.375. The summed E-state index contributed by atoms with van der Waals surface area (Å²) in [7, 11) is 0. The zero-order valence-corrected chi connectivity index (χ0v) is 8.45. The summed E-state index contributed by atoms with van der Waals surface area (Å²) in [4.78, 5) is 25.0. The quantitative estimate of drug-likeness (QED) is 0.581. The van der Waals surface area contributed by atoms with E-state index in [1.807, 2.05) is 6.92 Å². The molecule has 6 heteroatoms. The van der Waals surface area contributed by atoms with E-state index in [0.29, 0.717) is 11.7 Å². The van der Waals surface area contributed by atoms with Crippen molar-refractivity contribution in [2.45, 2.75) is 18.6 Å². The van der Waals surface area contributed by atoms with Crippen molar-refractivity contribution >= 4 is 17.7 Å². The number of thioether (sulfide) groups is 1. The number of carboxylic acid groups (broad SMARTS) is 1. The highest BCUT2D eigenvalue weighted by atomic mass is 32.2. The Bertz CT molecular complexity index is 388. The van der Waals surface area contributed by atoms with Gasteiger partial charge in [-0.15, -0.1) is 0 Å². The Hall–Kier alpha value is -1.30. The Labute approximate surface area is 84.8 Å². The number of carbonyl (C=O) groups is 1. The number of carboxylic acids is 1. The van der Waals surface area contributed by atoms with Crippen LogP contribution in [0, 0.1) is 0 Å². The highest BCUT2D eigenvalue weighted by molar-refractivity contribution is 7.99. The lowest BCUT2D eigenvalue weighted by Gasteiger charge is -2.06. The Morgan fingerprint density at radius 3 is 3.00 bits per heavy atom. The minimum absolute atomic E-state index is 0.0869. The summed E-state index contributed by atoms with van der Waals surface area (Å²) in [6.45, 7) is 2.56. The number of hydrogen-bond donors (Lipinski definition) is 1. The van der Waals surface area contributed by atoms with Crippen LogP contribution in [0.25, 0.3) is 0 Å². The Balaban J connectivity index is 2.87. The summed E-state index contributed by atoms with van der Waals surface area (Å²) in [6.07, 6.45) is 1.61. The predicted octanol–water partition coefficient (Wildman–Crippen LogP) is 0.440. The fourth-order valence-corrected chi connectivity index (χ4v) is 1.66. The van der Waals surface area contributed by atoms with Gasteiger partial charge in [0.2, 0.25) is 0 Å². The first kappa shape index (κ1) is 10.8. The standard InChI is InChI=1S/C8H10N2O3S/c1-2-10-4-3-6(11)9-8(10)14-5-7(12)13/h3-4H,2,5H2,1H3,(H,12,13). The van der Waals surface area contributed by atoms with E-state index in [2.05, 4.69) is 4.98 Å². The van der Waals surface area contributed by atoms with Crippen LogP contribution in [0.5, 0.6) is 0 Å². The molecule has 0 aliphatic carbocycles. The van der Waals surface area contributed by atoms with Crippen LogP contribution in [-0.4, -0.2) is 26.4 Å². The molecular formula is C8H10N2O3S. The summed E-state index contributed by atoms with van der Waals surface area (Å²) in [5, 5.41) is 8.92. The average molecular weight is 214 g/mol. The zero-order chi connectivity index (χ0) is 10.6. The molecular weight excluding hydrogens is 204 g/mol. The Morgan fingerprint density at radius 1 is 1.71 bits per heavy atom. The van der Waals surface area contributed by atoms with E-state index in [0.717, 1.165) is 11.8 Å². The van der Waals surface area contributed by atoms with Gasteiger partial charge in [0.25, 0.3) is 5.56 Å². The van der Waals surface area contributed by atoms with E-state index < -0.39 is 5.97 Å². The number of nitrogens with zero attached hydrogens (tertiary/aromatic N) is 2. The normalized spacial score (nSPS) is 10.1. The van der Waals surface area contributed by atoms with E-state index in [1.165, 1.54) is 6.07 Å². The van der Waals surface area contributed by atoms with Gasteiger partial charge in [0.15, 0.2) is 5.16 Å². The van der Waals surface area contributed by atoms with Crippen molar-refractivity contribution < 1.29 is 9.90 Å². The van der Waals surface area contributed by atoms with Gasteiger partial charge in [-0.25, -0.2) is 0 Å². The van der Waals surface area contributed by atoms with Crippen LogP contribution in [-0.2, 0) is 11.3 Å². The third kappa shape index (κ3) is 2.88. The van der Waals surface area contributed by atoms with Gasteiger partial charge in [-0.3, -0.25) is 9.59 Å². The summed E-state index contributed by atoms with van der Waals surface area (Å²) < 4.78 is 1.73. The van der Waals surface area contributed by atoms with Crippen molar-refractivity contribution in [1.29, 1.82) is 0 Å². The predicted molar refractivity (Wildman–Crippen MR) is 52.5 cm³/mol. The molecule has 0 amide bonds. The topological polar surface area (TPSA) is 72.2 Å². The van der Waals surface area contributed by atoms with Gasteiger partial charge in [0, 0.05) is 18.8 Å². The molecule has 1 N–H and O–H groups in total. The first-order valence-corrected chi connectivity index (χ1v) is 5.04. The third-order valence-corrected chi connectivity index (χ3v) is 2.49. The van der Waals surface area contributed by atoms with E-state index in [-0.39, 0.29) is 11.3 Å². The van der Waals surface area contributed by atoms with E-state index >= 15 is 0 Å². The lowest BCUT2D eigenvalue weighted by molar-refractivity contribution is -0.133. The third-order valence-electron chi connectivity index (χ3n) is 1.51. The second-order valence-electron chi connectivity index (χ2n) is 2.52. The Morgan fingerprint density at radius 2 is 2.43 bits per heavy atom. The van der Waals surface area contributed by atoms with Gasteiger partial charge in [0.05, 0.1) is 5.75 Å². The van der Waals surface area contributed by atoms with Crippen molar-refractivity contribution in [3.8, 4) is 0 Å². The molecule has 5 nitrogen and oxygen atoms in total. The second-order valence-corrected chi connectivity index (χ2v) is 3.46. The van der Waals surface area contributed by atoms with E-state index in [4.69, 9.17) is 5.11 Å². The molecule has 0 radical (unpaired) electrons. The first-order chi connectivity index (χ1) is 6.63. The number of aromatic nitrogens is 2. The van der Waals surface area contributed by atoms with Gasteiger partial charge >= 0.3 is 5.97 Å². The smallest absolute Gasteiger partial charge is 0.313 e. The van der Waals surface area contributed by atoms with Crippen LogP contribution in [0.4, 0.5) is 0 Å². The molecule has 1 heterocycles. The zero-order valence-electron chi connectivity index (χ0n) is 7.64. The molecule has 76 valence electrons. The van der Waals surface area contributed by atoms with E-state index in [1.54, 1.807) is 10.8 Å². The van der Waals surface area contributed by atoms with Gasteiger partial charge in [0.1, 0.15) is 0 Å². The molecule has 14 heavy (non-hydrogen) atoms. The molecule has 0 atom stereocenters. The highest BCUT2D eigenvalue weighted by Gasteiger charge is 2.05. The van der Waals surface area contributed by atoms with Crippen molar-refractivity contribution in [1.82, 2.24) is 9.55 Å². The van der Waals surface area contributed by atoms with Crippen LogP contribution in [0.3, 0.4) is 0 Å². The lowest BCUT2D eigenvalue weighted by atomic mass is 10.6. The molecule has 0 fully saturated rings. The molecule has 0 aromatic carbocycles. The number of aryl methyl sites for hydroxylation is 1. The SMILES string of the molecule is CCn1ccc(=O)nc1SCC(=O)O. The average Bonchev–Trinajstić information content (AvgIpc) is 2.15. The van der Waals surface area contributed by atoms with Gasteiger partial charge in [-0.2, -0.15) is 4.98 Å². The van der Waals surface area contributed by atoms with Crippen molar-refractivity contribution in [3.05, 3.63) is 22.6 Å². The summed E-state index contributed by atoms with van der Waals surface area (Å²) >= 11 is 1.05. The molecule has 0 aliphatic heterocycles. The first-order valence-electron chi connectivity index (χ1n) is 4.05. The number of aliphatic carboxylic acids is 1. The maximum Gasteiger partial charge on any atom is 0.313 e. The van der Waals surface area contributed by atoms with Crippen LogP contribution >= 0.6 is 11.8 Å². The monoisotopic (exact) mass is 214 g/mol. The summed E-state index contributed by atoms with van der Waals surface area (Å²) in [5.74, 6) is -1.01. The molecule has 0 saturated carbocycles. The van der Waals surface area contributed by atoms with Crippen molar-refractivity contribution in [2.24, 2.45) is 0 Å².